The van der Waals surface area contributed by atoms with E-state index in [0.717, 1.165) is 25.9 Å². The van der Waals surface area contributed by atoms with Crippen LogP contribution >= 0.6 is 0 Å². The van der Waals surface area contributed by atoms with Crippen LogP contribution in [0.2, 0.25) is 0 Å². The molecule has 0 atom stereocenters. The molecule has 1 aromatic carbocycles. The Kier molecular flexibility index (Phi) is 4.15. The van der Waals surface area contributed by atoms with E-state index in [-0.39, 0.29) is 5.82 Å². The summed E-state index contributed by atoms with van der Waals surface area (Å²) < 4.78 is 13.7. The van der Waals surface area contributed by atoms with Gasteiger partial charge in [0.05, 0.1) is 5.69 Å². The Morgan fingerprint density at radius 2 is 2.11 bits per heavy atom. The summed E-state index contributed by atoms with van der Waals surface area (Å²) in [7, 11) is 2.09. The molecule has 1 saturated heterocycles. The minimum absolute atomic E-state index is 0.287. The lowest BCUT2D eigenvalue weighted by Gasteiger charge is -2.30. The van der Waals surface area contributed by atoms with Gasteiger partial charge in [0.1, 0.15) is 5.82 Å². The maximum Gasteiger partial charge on any atom is 0.211 e. The lowest BCUT2D eigenvalue weighted by Crippen LogP contribution is -2.36. The van der Waals surface area contributed by atoms with Crippen molar-refractivity contribution in [2.45, 2.75) is 18.9 Å². The normalized spacial score (nSPS) is 17.4. The second-order valence-corrected chi connectivity index (χ2v) is 4.68. The molecule has 0 aliphatic carbocycles. The molecule has 1 aliphatic heterocycles. The van der Waals surface area contributed by atoms with Crippen LogP contribution in [0.5, 0.6) is 0 Å². The van der Waals surface area contributed by atoms with Crippen molar-refractivity contribution >= 4 is 17.8 Å². The van der Waals surface area contributed by atoms with E-state index in [1.165, 1.54) is 6.07 Å². The Labute approximate surface area is 106 Å². The zero-order valence-corrected chi connectivity index (χ0v) is 10.4. The average molecular weight is 251 g/mol. The number of likely N-dealkylation sites (tertiary alicyclic amines) is 1. The van der Waals surface area contributed by atoms with Crippen molar-refractivity contribution < 1.29 is 9.18 Å². The van der Waals surface area contributed by atoms with Gasteiger partial charge in [-0.15, -0.1) is 0 Å². The number of benzene rings is 1. The number of hydrogen-bond acceptors (Lipinski definition) is 3. The molecular weight excluding hydrogens is 233 g/mol. The highest BCUT2D eigenvalue weighted by Gasteiger charge is 2.17. The fourth-order valence-electron chi connectivity index (χ4n) is 2.17. The Hall–Kier alpha value is -1.62. The minimum Gasteiger partial charge on any atom is -0.380 e. The topological polar surface area (TPSA) is 44.4 Å². The van der Waals surface area contributed by atoms with E-state index >= 15 is 0 Å². The molecular formula is C13H18FN3O. The molecule has 98 valence electrons. The van der Waals surface area contributed by atoms with Gasteiger partial charge in [-0.3, -0.25) is 4.79 Å². The van der Waals surface area contributed by atoms with Gasteiger partial charge in [0, 0.05) is 11.7 Å². The number of nitrogens with zero attached hydrogens (tertiary/aromatic N) is 1. The monoisotopic (exact) mass is 251 g/mol. The van der Waals surface area contributed by atoms with Crippen LogP contribution in [0.3, 0.4) is 0 Å². The van der Waals surface area contributed by atoms with Crippen LogP contribution in [0.15, 0.2) is 18.2 Å². The third kappa shape index (κ3) is 3.20. The molecule has 18 heavy (non-hydrogen) atoms. The van der Waals surface area contributed by atoms with Gasteiger partial charge in [-0.2, -0.15) is 0 Å². The molecule has 1 fully saturated rings. The van der Waals surface area contributed by atoms with Gasteiger partial charge in [0.2, 0.25) is 6.41 Å². The number of carbonyl (C=O) groups excluding carboxylic acids is 1. The summed E-state index contributed by atoms with van der Waals surface area (Å²) in [4.78, 5) is 12.6. The number of nitrogens with one attached hydrogen (secondary N) is 2. The van der Waals surface area contributed by atoms with Crippen molar-refractivity contribution in [2.24, 2.45) is 0 Å². The smallest absolute Gasteiger partial charge is 0.211 e. The molecule has 5 heteroatoms. The third-order valence-electron chi connectivity index (χ3n) is 3.27. The first-order chi connectivity index (χ1) is 8.69. The van der Waals surface area contributed by atoms with Crippen molar-refractivity contribution in [1.29, 1.82) is 0 Å². The first-order valence-corrected chi connectivity index (χ1v) is 6.14. The predicted octanol–water partition coefficient (Wildman–Crippen LogP) is 1.90. The Balaban J connectivity index is 2.03. The zero-order chi connectivity index (χ0) is 13.0. The van der Waals surface area contributed by atoms with E-state index in [2.05, 4.69) is 22.6 Å². The largest absolute Gasteiger partial charge is 0.380 e. The molecule has 0 aromatic heterocycles. The summed E-state index contributed by atoms with van der Waals surface area (Å²) >= 11 is 0. The lowest BCUT2D eigenvalue weighted by atomic mass is 10.1. The van der Waals surface area contributed by atoms with Crippen molar-refractivity contribution in [3.63, 3.8) is 0 Å². The van der Waals surface area contributed by atoms with Crippen LogP contribution in [0.1, 0.15) is 12.8 Å². The van der Waals surface area contributed by atoms with Gasteiger partial charge >= 0.3 is 0 Å². The van der Waals surface area contributed by atoms with Gasteiger partial charge in [0.15, 0.2) is 0 Å². The molecule has 1 aliphatic rings. The first-order valence-electron chi connectivity index (χ1n) is 6.14. The minimum atomic E-state index is -0.287. The van der Waals surface area contributed by atoms with Crippen LogP contribution in [0.4, 0.5) is 15.8 Å². The maximum atomic E-state index is 13.7. The number of anilines is 2. The van der Waals surface area contributed by atoms with Crippen molar-refractivity contribution in [2.75, 3.05) is 30.8 Å². The van der Waals surface area contributed by atoms with E-state index in [4.69, 9.17) is 0 Å². The van der Waals surface area contributed by atoms with Crippen LogP contribution < -0.4 is 10.6 Å². The second-order valence-electron chi connectivity index (χ2n) is 4.68. The third-order valence-corrected chi connectivity index (χ3v) is 3.27. The molecule has 0 radical (unpaired) electrons. The molecule has 2 N–H and O–H groups in total. The van der Waals surface area contributed by atoms with E-state index in [9.17, 15) is 9.18 Å². The number of hydrogen-bond donors (Lipinski definition) is 2. The SMILES string of the molecule is CN1CCC(Nc2cc(NC=O)ccc2F)CC1. The highest BCUT2D eigenvalue weighted by molar-refractivity contribution is 5.73. The zero-order valence-electron chi connectivity index (χ0n) is 10.4. The van der Waals surface area contributed by atoms with E-state index in [0.29, 0.717) is 23.8 Å². The maximum absolute atomic E-state index is 13.7. The fraction of sp³-hybridized carbons (Fsp3) is 0.462. The second kappa shape index (κ2) is 5.82. The van der Waals surface area contributed by atoms with Gasteiger partial charge in [-0.1, -0.05) is 0 Å². The lowest BCUT2D eigenvalue weighted by molar-refractivity contribution is -0.105. The van der Waals surface area contributed by atoms with Crippen molar-refractivity contribution in [3.8, 4) is 0 Å². The van der Waals surface area contributed by atoms with E-state index in [1.807, 2.05) is 0 Å². The van der Waals surface area contributed by atoms with Crippen LogP contribution in [0.25, 0.3) is 0 Å². The van der Waals surface area contributed by atoms with Crippen LogP contribution in [-0.4, -0.2) is 37.5 Å². The average Bonchev–Trinajstić information content (AvgIpc) is 2.36. The van der Waals surface area contributed by atoms with E-state index < -0.39 is 0 Å². The van der Waals surface area contributed by atoms with Gasteiger partial charge < -0.3 is 15.5 Å². The Bertz CT molecular complexity index is 417. The van der Waals surface area contributed by atoms with Gasteiger partial charge in [0.25, 0.3) is 0 Å². The molecule has 0 unspecified atom stereocenters. The van der Waals surface area contributed by atoms with Crippen LogP contribution in [-0.2, 0) is 4.79 Å². The van der Waals surface area contributed by atoms with Crippen molar-refractivity contribution in [3.05, 3.63) is 24.0 Å². The number of rotatable bonds is 4. The van der Waals surface area contributed by atoms with Gasteiger partial charge in [-0.25, -0.2) is 4.39 Å². The number of carbonyl (C=O) groups is 1. The Morgan fingerprint density at radius 3 is 2.78 bits per heavy atom. The van der Waals surface area contributed by atoms with Crippen LogP contribution in [0, 0.1) is 5.82 Å². The summed E-state index contributed by atoms with van der Waals surface area (Å²) in [5.74, 6) is -0.287. The standard InChI is InChI=1S/C13H18FN3O/c1-17-6-4-10(5-7-17)16-13-8-11(15-9-18)2-3-12(13)14/h2-3,8-10,16H,4-7H2,1H3,(H,15,18). The highest BCUT2D eigenvalue weighted by Crippen LogP contribution is 2.22. The molecule has 0 spiro atoms. The van der Waals surface area contributed by atoms with E-state index in [1.54, 1.807) is 12.1 Å². The molecule has 1 aromatic rings. The quantitative estimate of drug-likeness (QED) is 0.803. The van der Waals surface area contributed by atoms with Gasteiger partial charge in [-0.05, 0) is 51.2 Å². The summed E-state index contributed by atoms with van der Waals surface area (Å²) in [6, 6.07) is 4.83. The molecule has 4 nitrogen and oxygen atoms in total. The molecule has 2 rings (SSSR count). The summed E-state index contributed by atoms with van der Waals surface area (Å²) in [5, 5.41) is 5.73. The molecule has 1 heterocycles. The summed E-state index contributed by atoms with van der Waals surface area (Å²) in [6.45, 7) is 2.04. The number of amides is 1. The number of piperidine rings is 1. The Morgan fingerprint density at radius 1 is 1.39 bits per heavy atom. The molecule has 0 saturated carbocycles. The highest BCUT2D eigenvalue weighted by atomic mass is 19.1. The first kappa shape index (κ1) is 12.8. The fourth-order valence-corrected chi connectivity index (χ4v) is 2.17. The summed E-state index contributed by atoms with van der Waals surface area (Å²) in [6.07, 6.45) is 2.59. The number of halogens is 1. The molecule has 0 bridgehead atoms. The summed E-state index contributed by atoms with van der Waals surface area (Å²) in [5.41, 5.74) is 1.05. The predicted molar refractivity (Wildman–Crippen MR) is 70.2 cm³/mol. The van der Waals surface area contributed by atoms with Crippen molar-refractivity contribution in [1.82, 2.24) is 4.90 Å². The molecule has 1 amide bonds.